The normalized spacial score (nSPS) is 11.5. The van der Waals surface area contributed by atoms with Gasteiger partial charge in [0.05, 0.1) is 11.9 Å². The van der Waals surface area contributed by atoms with E-state index in [-0.39, 0.29) is 11.9 Å². The average Bonchev–Trinajstić information content (AvgIpc) is 2.42. The summed E-state index contributed by atoms with van der Waals surface area (Å²) in [6.45, 7) is 3.87. The molecule has 0 aliphatic rings. The predicted molar refractivity (Wildman–Crippen MR) is 89.9 cm³/mol. The van der Waals surface area contributed by atoms with Gasteiger partial charge in [-0.3, -0.25) is 4.72 Å². The summed E-state index contributed by atoms with van der Waals surface area (Å²) in [6.07, 6.45) is 0.0763. The van der Waals surface area contributed by atoms with E-state index in [0.717, 1.165) is 0 Å². The van der Waals surface area contributed by atoms with Crippen LogP contribution in [0.2, 0.25) is 5.02 Å². The lowest BCUT2D eigenvalue weighted by atomic mass is 10.2. The Labute approximate surface area is 136 Å². The molecule has 4 nitrogen and oxygen atoms in total. The minimum atomic E-state index is -3.47. The highest BCUT2D eigenvalue weighted by Crippen LogP contribution is 2.19. The molecule has 6 heteroatoms. The van der Waals surface area contributed by atoms with Crippen molar-refractivity contribution in [3.05, 3.63) is 59.1 Å². The smallest absolute Gasteiger partial charge is 0.236 e. The molecule has 2 rings (SSSR count). The van der Waals surface area contributed by atoms with E-state index in [9.17, 15) is 8.42 Å². The Morgan fingerprint density at radius 1 is 1.05 bits per heavy atom. The van der Waals surface area contributed by atoms with E-state index in [4.69, 9.17) is 16.3 Å². The predicted octanol–water partition coefficient (Wildman–Crippen LogP) is 4.07. The molecule has 0 saturated carbocycles. The van der Waals surface area contributed by atoms with Gasteiger partial charge < -0.3 is 4.74 Å². The van der Waals surface area contributed by atoms with Crippen LogP contribution in [-0.4, -0.2) is 14.5 Å². The van der Waals surface area contributed by atoms with Crippen LogP contribution in [0.5, 0.6) is 5.75 Å². The number of rotatable bonds is 6. The Morgan fingerprint density at radius 3 is 2.18 bits per heavy atom. The molecule has 0 fully saturated rings. The molecule has 0 unspecified atom stereocenters. The Balaban J connectivity index is 2.03. The zero-order valence-electron chi connectivity index (χ0n) is 12.4. The molecule has 0 bridgehead atoms. The first-order valence-electron chi connectivity index (χ1n) is 6.86. The first-order valence-corrected chi connectivity index (χ1v) is 8.89. The molecular formula is C16H18ClNO3S. The van der Waals surface area contributed by atoms with Crippen molar-refractivity contribution in [1.82, 2.24) is 0 Å². The maximum Gasteiger partial charge on any atom is 0.236 e. The first kappa shape index (κ1) is 16.6. The lowest BCUT2D eigenvalue weighted by Gasteiger charge is -2.11. The molecule has 0 amide bonds. The third kappa shape index (κ3) is 5.24. The number of benzene rings is 2. The highest BCUT2D eigenvalue weighted by atomic mass is 35.5. The van der Waals surface area contributed by atoms with Crippen molar-refractivity contribution >= 4 is 27.3 Å². The van der Waals surface area contributed by atoms with E-state index >= 15 is 0 Å². The number of hydrogen-bond acceptors (Lipinski definition) is 3. The molecule has 0 radical (unpaired) electrons. The monoisotopic (exact) mass is 339 g/mol. The van der Waals surface area contributed by atoms with Gasteiger partial charge in [-0.2, -0.15) is 0 Å². The molecule has 0 aliphatic heterocycles. The van der Waals surface area contributed by atoms with Crippen molar-refractivity contribution in [1.29, 1.82) is 0 Å². The van der Waals surface area contributed by atoms with Gasteiger partial charge in [0.25, 0.3) is 0 Å². The van der Waals surface area contributed by atoms with Gasteiger partial charge in [-0.1, -0.05) is 23.7 Å². The number of nitrogens with one attached hydrogen (secondary N) is 1. The van der Waals surface area contributed by atoms with E-state index in [1.165, 1.54) is 0 Å². The van der Waals surface area contributed by atoms with Crippen LogP contribution in [0.25, 0.3) is 0 Å². The fourth-order valence-corrected chi connectivity index (χ4v) is 3.21. The van der Waals surface area contributed by atoms with E-state index in [2.05, 4.69) is 4.72 Å². The second-order valence-electron chi connectivity index (χ2n) is 5.18. The molecule has 0 saturated heterocycles. The van der Waals surface area contributed by atoms with Gasteiger partial charge in [-0.15, -0.1) is 0 Å². The first-order chi connectivity index (χ1) is 10.3. The number of anilines is 1. The molecule has 0 heterocycles. The van der Waals surface area contributed by atoms with E-state index in [1.54, 1.807) is 48.5 Å². The number of hydrogen-bond donors (Lipinski definition) is 1. The zero-order valence-corrected chi connectivity index (χ0v) is 14.0. The van der Waals surface area contributed by atoms with Crippen molar-refractivity contribution in [3.63, 3.8) is 0 Å². The standard InChI is InChI=1S/C16H18ClNO3S/c1-12(2)21-16-9-7-15(8-10-16)18-22(19,20)11-13-3-5-14(17)6-4-13/h3-10,12,18H,11H2,1-2H3. The fourth-order valence-electron chi connectivity index (χ4n) is 1.89. The largest absolute Gasteiger partial charge is 0.491 e. The summed E-state index contributed by atoms with van der Waals surface area (Å²) in [7, 11) is -3.47. The van der Waals surface area contributed by atoms with Crippen LogP contribution in [0, 0.1) is 0 Å². The van der Waals surface area contributed by atoms with Gasteiger partial charge in [0.1, 0.15) is 5.75 Å². The molecule has 0 atom stereocenters. The zero-order chi connectivity index (χ0) is 16.2. The van der Waals surface area contributed by atoms with Crippen LogP contribution in [0.1, 0.15) is 19.4 Å². The fraction of sp³-hybridized carbons (Fsp3) is 0.250. The van der Waals surface area contributed by atoms with Crippen LogP contribution in [0.3, 0.4) is 0 Å². The number of ether oxygens (including phenoxy) is 1. The van der Waals surface area contributed by atoms with Gasteiger partial charge in [0.15, 0.2) is 0 Å². The van der Waals surface area contributed by atoms with Crippen LogP contribution in [0.4, 0.5) is 5.69 Å². The van der Waals surface area contributed by atoms with E-state index in [0.29, 0.717) is 22.0 Å². The summed E-state index contributed by atoms with van der Waals surface area (Å²) < 4.78 is 32.3. The van der Waals surface area contributed by atoms with Crippen molar-refractivity contribution in [3.8, 4) is 5.75 Å². The summed E-state index contributed by atoms with van der Waals surface area (Å²) in [6, 6.07) is 13.6. The Morgan fingerprint density at radius 2 is 1.64 bits per heavy atom. The van der Waals surface area contributed by atoms with Gasteiger partial charge in [-0.05, 0) is 55.8 Å². The third-order valence-electron chi connectivity index (χ3n) is 2.77. The molecule has 0 aliphatic carbocycles. The van der Waals surface area contributed by atoms with Crippen molar-refractivity contribution in [2.45, 2.75) is 25.7 Å². The second-order valence-corrected chi connectivity index (χ2v) is 7.34. The van der Waals surface area contributed by atoms with Crippen molar-refractivity contribution in [2.75, 3.05) is 4.72 Å². The summed E-state index contributed by atoms with van der Waals surface area (Å²) in [5.41, 5.74) is 1.18. The topological polar surface area (TPSA) is 55.4 Å². The Bertz CT molecular complexity index is 710. The maximum atomic E-state index is 12.1. The highest BCUT2D eigenvalue weighted by Gasteiger charge is 2.12. The third-order valence-corrected chi connectivity index (χ3v) is 4.28. The van der Waals surface area contributed by atoms with Crippen molar-refractivity contribution in [2.24, 2.45) is 0 Å². The van der Waals surface area contributed by atoms with Crippen LogP contribution in [0.15, 0.2) is 48.5 Å². The quantitative estimate of drug-likeness (QED) is 0.863. The van der Waals surface area contributed by atoms with Crippen LogP contribution in [-0.2, 0) is 15.8 Å². The van der Waals surface area contributed by atoms with Gasteiger partial charge in [0.2, 0.25) is 10.0 Å². The summed E-state index contributed by atoms with van der Waals surface area (Å²) in [4.78, 5) is 0. The highest BCUT2D eigenvalue weighted by molar-refractivity contribution is 7.91. The molecule has 2 aromatic carbocycles. The molecule has 118 valence electrons. The lowest BCUT2D eigenvalue weighted by Crippen LogP contribution is -2.15. The number of halogens is 1. The average molecular weight is 340 g/mol. The van der Waals surface area contributed by atoms with Gasteiger partial charge >= 0.3 is 0 Å². The van der Waals surface area contributed by atoms with Crippen LogP contribution >= 0.6 is 11.6 Å². The van der Waals surface area contributed by atoms with E-state index in [1.807, 2.05) is 13.8 Å². The molecule has 22 heavy (non-hydrogen) atoms. The summed E-state index contributed by atoms with van der Waals surface area (Å²) >= 11 is 5.79. The minimum Gasteiger partial charge on any atom is -0.491 e. The SMILES string of the molecule is CC(C)Oc1ccc(NS(=O)(=O)Cc2ccc(Cl)cc2)cc1. The number of sulfonamides is 1. The Hall–Kier alpha value is -1.72. The lowest BCUT2D eigenvalue weighted by molar-refractivity contribution is 0.242. The second kappa shape index (κ2) is 7.03. The minimum absolute atomic E-state index is 0.0763. The van der Waals surface area contributed by atoms with E-state index < -0.39 is 10.0 Å². The molecule has 0 spiro atoms. The van der Waals surface area contributed by atoms with Gasteiger partial charge in [-0.25, -0.2) is 8.42 Å². The van der Waals surface area contributed by atoms with Crippen LogP contribution < -0.4 is 9.46 Å². The maximum absolute atomic E-state index is 12.1. The molecule has 1 N–H and O–H groups in total. The van der Waals surface area contributed by atoms with Gasteiger partial charge in [0, 0.05) is 10.7 Å². The Kier molecular flexibility index (Phi) is 5.32. The molecule has 2 aromatic rings. The molecular weight excluding hydrogens is 322 g/mol. The summed E-state index contributed by atoms with van der Waals surface area (Å²) in [5.74, 6) is 0.602. The van der Waals surface area contributed by atoms with Crippen molar-refractivity contribution < 1.29 is 13.2 Å². The summed E-state index contributed by atoms with van der Waals surface area (Å²) in [5, 5.41) is 0.579. The molecule has 0 aromatic heterocycles.